The van der Waals surface area contributed by atoms with Crippen LogP contribution in [0.15, 0.2) is 48.5 Å². The van der Waals surface area contributed by atoms with Gasteiger partial charge in [-0.05, 0) is 31.4 Å². The Morgan fingerprint density at radius 1 is 0.952 bits per heavy atom. The summed E-state index contributed by atoms with van der Waals surface area (Å²) in [7, 11) is -0.596. The van der Waals surface area contributed by atoms with Crippen LogP contribution in [-0.2, 0) is 23.8 Å². The largest absolute Gasteiger partial charge is 0.548 e. The van der Waals surface area contributed by atoms with Crippen LogP contribution in [0.2, 0.25) is 0 Å². The molecule has 2 rings (SSSR count). The van der Waals surface area contributed by atoms with Crippen molar-refractivity contribution in [2.24, 2.45) is 11.8 Å². The van der Waals surface area contributed by atoms with Gasteiger partial charge in [0.2, 0.25) is 11.8 Å². The smallest absolute Gasteiger partial charge is 0.508 e. The van der Waals surface area contributed by atoms with Crippen molar-refractivity contribution >= 4 is 36.8 Å². The van der Waals surface area contributed by atoms with Crippen molar-refractivity contribution in [2.75, 3.05) is 7.05 Å². The summed E-state index contributed by atoms with van der Waals surface area (Å²) in [6, 6.07) is 12.5. The summed E-state index contributed by atoms with van der Waals surface area (Å²) in [5, 5.41) is 37.4. The molecule has 0 aliphatic heterocycles. The lowest BCUT2D eigenvalue weighted by atomic mass is 9.74. The summed E-state index contributed by atoms with van der Waals surface area (Å²) in [5.41, 5.74) is 1.31. The Bertz CT molecular complexity index is 1240. The maximum Gasteiger partial charge on any atom is 0.548 e. The average molecular weight is 584 g/mol. The highest BCUT2D eigenvalue weighted by atomic mass is 16.6. The van der Waals surface area contributed by atoms with E-state index < -0.39 is 73.6 Å². The van der Waals surface area contributed by atoms with Gasteiger partial charge in [0.1, 0.15) is 11.7 Å². The number of aliphatic carboxylic acids is 1. The van der Waals surface area contributed by atoms with Crippen molar-refractivity contribution in [1.29, 1.82) is 0 Å². The maximum absolute atomic E-state index is 13.2. The third-order valence-electron chi connectivity index (χ3n) is 6.20. The molecule has 1 aromatic carbocycles. The van der Waals surface area contributed by atoms with Crippen LogP contribution in [0.25, 0.3) is 11.3 Å². The van der Waals surface area contributed by atoms with E-state index in [0.29, 0.717) is 5.69 Å². The van der Waals surface area contributed by atoms with Crippen LogP contribution in [0, 0.1) is 11.8 Å². The van der Waals surface area contributed by atoms with Crippen LogP contribution in [0.5, 0.6) is 0 Å². The predicted molar refractivity (Wildman–Crippen MR) is 152 cm³/mol. The van der Waals surface area contributed by atoms with Gasteiger partial charge in [-0.3, -0.25) is 24.0 Å². The standard InChI is InChI=1S/C28H37BN4O9/c1-16(2)13-22(29(41)42-28(40)19(15-24(36)37)14-23(35)30-4)32-27(39)25(17(3)34)33-26(38)21-12-8-11-20(31-21)18-9-6-5-7-10-18/h5-12,16-17,19,22,25,34,41H,13-15H2,1-4H3,(H,30,35)(H,32,39)(H,33,38)(H,36,37)/t17-,19?,22+,25+/m1/s1. The molecule has 6 N–H and O–H groups in total. The fourth-order valence-corrected chi connectivity index (χ4v) is 4.05. The molecule has 0 aliphatic rings. The van der Waals surface area contributed by atoms with E-state index >= 15 is 0 Å². The lowest BCUT2D eigenvalue weighted by Gasteiger charge is -2.27. The summed E-state index contributed by atoms with van der Waals surface area (Å²) in [6.45, 7) is 4.86. The van der Waals surface area contributed by atoms with Crippen molar-refractivity contribution in [1.82, 2.24) is 20.9 Å². The normalized spacial score (nSPS) is 13.7. The second-order valence-corrected chi connectivity index (χ2v) is 10.2. The van der Waals surface area contributed by atoms with Crippen LogP contribution < -0.4 is 16.0 Å². The van der Waals surface area contributed by atoms with Crippen molar-refractivity contribution < 1.29 is 43.9 Å². The van der Waals surface area contributed by atoms with Crippen molar-refractivity contribution in [3.63, 3.8) is 0 Å². The van der Waals surface area contributed by atoms with Crippen LogP contribution in [0.3, 0.4) is 0 Å². The number of carbonyl (C=O) groups is 5. The number of aromatic nitrogens is 1. The highest BCUT2D eigenvalue weighted by Gasteiger charge is 2.38. The average Bonchev–Trinajstić information content (AvgIpc) is 2.94. The molecule has 0 bridgehead atoms. The molecule has 13 nitrogen and oxygen atoms in total. The van der Waals surface area contributed by atoms with Gasteiger partial charge in [0, 0.05) is 19.0 Å². The van der Waals surface area contributed by atoms with Crippen LogP contribution in [-0.4, -0.2) is 82.1 Å². The van der Waals surface area contributed by atoms with Crippen LogP contribution in [0.1, 0.15) is 50.5 Å². The molecule has 1 unspecified atom stereocenters. The Labute approximate surface area is 244 Å². The Morgan fingerprint density at radius 2 is 1.62 bits per heavy atom. The molecule has 0 radical (unpaired) electrons. The molecule has 226 valence electrons. The number of rotatable bonds is 15. The number of hydrogen-bond donors (Lipinski definition) is 6. The predicted octanol–water partition coefficient (Wildman–Crippen LogP) is 0.549. The fraction of sp³-hybridized carbons (Fsp3) is 0.429. The van der Waals surface area contributed by atoms with Gasteiger partial charge in [-0.15, -0.1) is 0 Å². The number of carboxylic acid groups (broad SMARTS) is 1. The first-order chi connectivity index (χ1) is 19.8. The third kappa shape index (κ3) is 10.6. The van der Waals surface area contributed by atoms with E-state index in [0.717, 1.165) is 5.56 Å². The molecule has 14 heteroatoms. The molecule has 0 aliphatic carbocycles. The topological polar surface area (TPSA) is 204 Å². The second-order valence-electron chi connectivity index (χ2n) is 10.2. The zero-order valence-electron chi connectivity index (χ0n) is 23.9. The molecule has 0 spiro atoms. The van der Waals surface area contributed by atoms with E-state index in [1.54, 1.807) is 26.0 Å². The number of carbonyl (C=O) groups excluding carboxylic acids is 4. The Kier molecular flexibility index (Phi) is 13.1. The Morgan fingerprint density at radius 3 is 2.19 bits per heavy atom. The molecule has 3 amide bonds. The van der Waals surface area contributed by atoms with E-state index in [1.165, 1.54) is 20.0 Å². The van der Waals surface area contributed by atoms with Gasteiger partial charge in [0.25, 0.3) is 11.9 Å². The third-order valence-corrected chi connectivity index (χ3v) is 6.20. The van der Waals surface area contributed by atoms with Gasteiger partial charge < -0.3 is 35.8 Å². The second kappa shape index (κ2) is 16.2. The van der Waals surface area contributed by atoms with Gasteiger partial charge in [0.05, 0.1) is 30.1 Å². The fourth-order valence-electron chi connectivity index (χ4n) is 4.05. The maximum atomic E-state index is 13.2. The number of amides is 3. The monoisotopic (exact) mass is 584 g/mol. The number of carboxylic acids is 1. The van der Waals surface area contributed by atoms with Gasteiger partial charge >= 0.3 is 13.1 Å². The summed E-state index contributed by atoms with van der Waals surface area (Å²) >= 11 is 0. The Balaban J connectivity index is 2.17. The molecule has 0 saturated carbocycles. The van der Waals surface area contributed by atoms with Gasteiger partial charge in [-0.1, -0.05) is 50.2 Å². The molecule has 1 aromatic heterocycles. The quantitative estimate of drug-likeness (QED) is 0.160. The van der Waals surface area contributed by atoms with Gasteiger partial charge in [-0.2, -0.15) is 0 Å². The van der Waals surface area contributed by atoms with Crippen LogP contribution >= 0.6 is 0 Å². The minimum absolute atomic E-state index is 0.00286. The molecule has 2 aromatic rings. The molecule has 4 atom stereocenters. The molecule has 1 heterocycles. The molecule has 0 fully saturated rings. The number of aliphatic hydroxyl groups excluding tert-OH is 1. The molecule has 0 saturated heterocycles. The number of nitrogens with zero attached hydrogens (tertiary/aromatic N) is 1. The van der Waals surface area contributed by atoms with Gasteiger partial charge in [0.15, 0.2) is 0 Å². The summed E-state index contributed by atoms with van der Waals surface area (Å²) < 4.78 is 5.07. The molecular weight excluding hydrogens is 547 g/mol. The first-order valence-corrected chi connectivity index (χ1v) is 13.4. The van der Waals surface area contributed by atoms with E-state index in [-0.39, 0.29) is 18.0 Å². The summed E-state index contributed by atoms with van der Waals surface area (Å²) in [4.78, 5) is 66.1. The number of nitrogens with one attached hydrogen (secondary N) is 3. The highest BCUT2D eigenvalue weighted by Crippen LogP contribution is 2.17. The summed E-state index contributed by atoms with van der Waals surface area (Å²) in [5.74, 6) is -7.37. The zero-order chi connectivity index (χ0) is 31.4. The zero-order valence-corrected chi connectivity index (χ0v) is 23.9. The molecule has 42 heavy (non-hydrogen) atoms. The van der Waals surface area contributed by atoms with Gasteiger partial charge in [-0.25, -0.2) is 4.98 Å². The minimum atomic E-state index is -1.92. The molecular formula is C28H37BN4O9. The lowest BCUT2D eigenvalue weighted by Crippen LogP contribution is -2.58. The van der Waals surface area contributed by atoms with E-state index in [9.17, 15) is 34.1 Å². The Hall–Kier alpha value is -4.30. The number of benzene rings is 1. The van der Waals surface area contributed by atoms with E-state index in [2.05, 4.69) is 20.9 Å². The number of pyridine rings is 1. The van der Waals surface area contributed by atoms with E-state index in [4.69, 9.17) is 9.76 Å². The highest BCUT2D eigenvalue weighted by molar-refractivity contribution is 6.47. The lowest BCUT2D eigenvalue weighted by molar-refractivity contribution is -0.148. The van der Waals surface area contributed by atoms with Crippen LogP contribution in [0.4, 0.5) is 0 Å². The summed E-state index contributed by atoms with van der Waals surface area (Å²) in [6.07, 6.45) is -2.44. The van der Waals surface area contributed by atoms with Crippen molar-refractivity contribution in [2.45, 2.75) is 58.1 Å². The first-order valence-electron chi connectivity index (χ1n) is 13.4. The SMILES string of the molecule is CNC(=O)CC(CC(=O)O)C(=O)OB(O)[C@H](CC(C)C)NC(=O)[C@@H](NC(=O)c1cccc(-c2ccccc2)n1)[C@@H](C)O. The minimum Gasteiger partial charge on any atom is -0.508 e. The number of aliphatic hydroxyl groups is 1. The first kappa shape index (κ1) is 33.9. The van der Waals surface area contributed by atoms with Crippen molar-refractivity contribution in [3.05, 3.63) is 54.2 Å². The number of hydrogen-bond acceptors (Lipinski definition) is 9. The van der Waals surface area contributed by atoms with E-state index in [1.807, 2.05) is 30.3 Å². The van der Waals surface area contributed by atoms with Crippen molar-refractivity contribution in [3.8, 4) is 11.3 Å².